The molecule has 2 aromatic carbocycles. The predicted molar refractivity (Wildman–Crippen MR) is 98.4 cm³/mol. The Morgan fingerprint density at radius 1 is 1.12 bits per heavy atom. The molecule has 5 nitrogen and oxygen atoms in total. The van der Waals surface area contributed by atoms with Crippen LogP contribution >= 0.6 is 0 Å². The number of nitrogens with zero attached hydrogens (tertiary/aromatic N) is 1. The quantitative estimate of drug-likeness (QED) is 0.898. The standard InChI is InChI=1S/C20H24N2O3/c1-14-6-4-7-15(10-14)19-8-5-9-22(19)20(23)21-16-11-17(24-2)13-18(12-16)25-3/h4,6-7,10-13,19H,5,8-9H2,1-3H3,(H,21,23)/t19-/m0/s1. The molecule has 2 amide bonds. The largest absolute Gasteiger partial charge is 0.497 e. The molecule has 0 unspecified atom stereocenters. The highest BCUT2D eigenvalue weighted by atomic mass is 16.5. The van der Waals surface area contributed by atoms with E-state index in [4.69, 9.17) is 9.47 Å². The number of methoxy groups -OCH3 is 2. The van der Waals surface area contributed by atoms with E-state index in [1.54, 1.807) is 32.4 Å². The first kappa shape index (κ1) is 17.1. The van der Waals surface area contributed by atoms with Crippen LogP contribution in [0.3, 0.4) is 0 Å². The molecular formula is C20H24N2O3. The Morgan fingerprint density at radius 3 is 2.48 bits per heavy atom. The SMILES string of the molecule is COc1cc(NC(=O)N2CCC[C@H]2c2cccc(C)c2)cc(OC)c1. The number of anilines is 1. The summed E-state index contributed by atoms with van der Waals surface area (Å²) in [5.41, 5.74) is 3.06. The minimum atomic E-state index is -0.0979. The summed E-state index contributed by atoms with van der Waals surface area (Å²) in [6, 6.07) is 13.8. The van der Waals surface area contributed by atoms with Crippen molar-refractivity contribution in [2.45, 2.75) is 25.8 Å². The first-order valence-electron chi connectivity index (χ1n) is 8.48. The van der Waals surface area contributed by atoms with Crippen LogP contribution in [0.1, 0.15) is 30.0 Å². The van der Waals surface area contributed by atoms with Crippen LogP contribution in [-0.4, -0.2) is 31.7 Å². The number of carbonyl (C=O) groups excluding carboxylic acids is 1. The molecule has 1 saturated heterocycles. The highest BCUT2D eigenvalue weighted by molar-refractivity contribution is 5.90. The summed E-state index contributed by atoms with van der Waals surface area (Å²) in [5, 5.41) is 2.97. The molecule has 0 saturated carbocycles. The summed E-state index contributed by atoms with van der Waals surface area (Å²) >= 11 is 0. The minimum absolute atomic E-state index is 0.0979. The molecule has 0 spiro atoms. The van der Waals surface area contributed by atoms with Crippen LogP contribution in [0.4, 0.5) is 10.5 Å². The molecule has 3 rings (SSSR count). The highest BCUT2D eigenvalue weighted by Gasteiger charge is 2.30. The van der Waals surface area contributed by atoms with Crippen molar-refractivity contribution in [2.24, 2.45) is 0 Å². The van der Waals surface area contributed by atoms with Gasteiger partial charge in [-0.1, -0.05) is 29.8 Å². The second-order valence-corrected chi connectivity index (χ2v) is 6.30. The Kier molecular flexibility index (Phi) is 5.12. The van der Waals surface area contributed by atoms with Crippen LogP contribution in [0.25, 0.3) is 0 Å². The Hall–Kier alpha value is -2.69. The van der Waals surface area contributed by atoms with Crippen molar-refractivity contribution in [3.05, 3.63) is 53.6 Å². The zero-order valence-corrected chi connectivity index (χ0v) is 14.9. The number of rotatable bonds is 4. The van der Waals surface area contributed by atoms with E-state index >= 15 is 0 Å². The van der Waals surface area contributed by atoms with Gasteiger partial charge in [0.25, 0.3) is 0 Å². The fourth-order valence-electron chi connectivity index (χ4n) is 3.31. The van der Waals surface area contributed by atoms with Crippen molar-refractivity contribution >= 4 is 11.7 Å². The molecule has 1 heterocycles. The number of urea groups is 1. The van der Waals surface area contributed by atoms with E-state index in [-0.39, 0.29) is 12.1 Å². The number of amides is 2. The number of hydrogen-bond acceptors (Lipinski definition) is 3. The lowest BCUT2D eigenvalue weighted by Gasteiger charge is -2.26. The van der Waals surface area contributed by atoms with Crippen molar-refractivity contribution < 1.29 is 14.3 Å². The van der Waals surface area contributed by atoms with Gasteiger partial charge in [-0.05, 0) is 25.3 Å². The topological polar surface area (TPSA) is 50.8 Å². The molecule has 132 valence electrons. The third-order valence-electron chi connectivity index (χ3n) is 4.54. The van der Waals surface area contributed by atoms with E-state index in [0.717, 1.165) is 19.4 Å². The average molecular weight is 340 g/mol. The zero-order chi connectivity index (χ0) is 17.8. The van der Waals surface area contributed by atoms with Crippen molar-refractivity contribution in [3.63, 3.8) is 0 Å². The molecule has 1 aliphatic rings. The lowest BCUT2D eigenvalue weighted by Crippen LogP contribution is -2.34. The molecule has 0 aliphatic carbocycles. The van der Waals surface area contributed by atoms with Gasteiger partial charge in [0, 0.05) is 30.4 Å². The van der Waals surface area contributed by atoms with E-state index in [2.05, 4.69) is 30.4 Å². The van der Waals surface area contributed by atoms with Crippen LogP contribution in [0.15, 0.2) is 42.5 Å². The fourth-order valence-corrected chi connectivity index (χ4v) is 3.31. The fraction of sp³-hybridized carbons (Fsp3) is 0.350. The summed E-state index contributed by atoms with van der Waals surface area (Å²) in [6.07, 6.45) is 1.99. The first-order chi connectivity index (χ1) is 12.1. The molecule has 0 bridgehead atoms. The second-order valence-electron chi connectivity index (χ2n) is 6.30. The van der Waals surface area contributed by atoms with Crippen LogP contribution in [-0.2, 0) is 0 Å². The van der Waals surface area contributed by atoms with Crippen LogP contribution in [0.2, 0.25) is 0 Å². The van der Waals surface area contributed by atoms with E-state index in [9.17, 15) is 4.79 Å². The van der Waals surface area contributed by atoms with Crippen LogP contribution in [0.5, 0.6) is 11.5 Å². The number of likely N-dealkylation sites (tertiary alicyclic amines) is 1. The summed E-state index contributed by atoms with van der Waals surface area (Å²) in [4.78, 5) is 14.7. The van der Waals surface area contributed by atoms with E-state index < -0.39 is 0 Å². The van der Waals surface area contributed by atoms with Gasteiger partial charge in [-0.2, -0.15) is 0 Å². The number of aryl methyl sites for hydroxylation is 1. The third-order valence-corrected chi connectivity index (χ3v) is 4.54. The minimum Gasteiger partial charge on any atom is -0.497 e. The van der Waals surface area contributed by atoms with E-state index in [1.807, 2.05) is 11.0 Å². The number of hydrogen-bond donors (Lipinski definition) is 1. The highest BCUT2D eigenvalue weighted by Crippen LogP contribution is 2.33. The van der Waals surface area contributed by atoms with Gasteiger partial charge in [-0.15, -0.1) is 0 Å². The third kappa shape index (κ3) is 3.87. The van der Waals surface area contributed by atoms with Gasteiger partial charge in [0.05, 0.1) is 20.3 Å². The van der Waals surface area contributed by atoms with Crippen LogP contribution < -0.4 is 14.8 Å². The van der Waals surface area contributed by atoms with Gasteiger partial charge in [0.2, 0.25) is 0 Å². The lowest BCUT2D eigenvalue weighted by molar-refractivity contribution is 0.207. The normalized spacial score (nSPS) is 16.6. The Labute approximate surface area is 148 Å². The van der Waals surface area contributed by atoms with Gasteiger partial charge in [-0.3, -0.25) is 0 Å². The summed E-state index contributed by atoms with van der Waals surface area (Å²) in [5.74, 6) is 1.29. The molecule has 0 radical (unpaired) electrons. The number of nitrogens with one attached hydrogen (secondary N) is 1. The average Bonchev–Trinajstić information content (AvgIpc) is 3.11. The first-order valence-corrected chi connectivity index (χ1v) is 8.48. The Bertz CT molecular complexity index is 738. The van der Waals surface area contributed by atoms with Gasteiger partial charge in [0.15, 0.2) is 0 Å². The van der Waals surface area contributed by atoms with Crippen LogP contribution in [0, 0.1) is 6.92 Å². The second kappa shape index (κ2) is 7.47. The smallest absolute Gasteiger partial charge is 0.322 e. The molecule has 1 fully saturated rings. The Morgan fingerprint density at radius 2 is 1.84 bits per heavy atom. The molecular weight excluding hydrogens is 316 g/mol. The molecule has 1 N–H and O–H groups in total. The van der Waals surface area contributed by atoms with Crippen molar-refractivity contribution in [2.75, 3.05) is 26.1 Å². The maximum absolute atomic E-state index is 12.8. The maximum atomic E-state index is 12.8. The molecule has 25 heavy (non-hydrogen) atoms. The van der Waals surface area contributed by atoms with E-state index in [1.165, 1.54) is 11.1 Å². The van der Waals surface area contributed by atoms with Gasteiger partial charge in [0.1, 0.15) is 11.5 Å². The van der Waals surface area contributed by atoms with Gasteiger partial charge in [-0.25, -0.2) is 4.79 Å². The molecule has 2 aromatic rings. The molecule has 0 aromatic heterocycles. The Balaban J connectivity index is 1.78. The van der Waals surface area contributed by atoms with Crippen molar-refractivity contribution in [1.29, 1.82) is 0 Å². The van der Waals surface area contributed by atoms with E-state index in [0.29, 0.717) is 17.2 Å². The number of ether oxygens (including phenoxy) is 2. The summed E-state index contributed by atoms with van der Waals surface area (Å²) < 4.78 is 10.5. The molecule has 1 atom stereocenters. The number of benzene rings is 2. The molecule has 1 aliphatic heterocycles. The lowest BCUT2D eigenvalue weighted by atomic mass is 10.0. The van der Waals surface area contributed by atoms with Gasteiger partial charge >= 0.3 is 6.03 Å². The maximum Gasteiger partial charge on any atom is 0.322 e. The molecule has 5 heteroatoms. The van der Waals surface area contributed by atoms with Crippen molar-refractivity contribution in [3.8, 4) is 11.5 Å². The van der Waals surface area contributed by atoms with Crippen molar-refractivity contribution in [1.82, 2.24) is 4.90 Å². The monoisotopic (exact) mass is 340 g/mol. The predicted octanol–water partition coefficient (Wildman–Crippen LogP) is 4.38. The summed E-state index contributed by atoms with van der Waals surface area (Å²) in [7, 11) is 3.18. The van der Waals surface area contributed by atoms with Gasteiger partial charge < -0.3 is 19.7 Å². The summed E-state index contributed by atoms with van der Waals surface area (Å²) in [6.45, 7) is 2.83. The zero-order valence-electron chi connectivity index (χ0n) is 14.9. The number of carbonyl (C=O) groups is 1.